The third kappa shape index (κ3) is 6.07. The molecule has 1 aliphatic rings. The Kier molecular flexibility index (Phi) is 7.42. The topological polar surface area (TPSA) is 35.7 Å². The Morgan fingerprint density at radius 3 is 2.26 bits per heavy atom. The largest absolute Gasteiger partial charge is 0.399 e. The van der Waals surface area contributed by atoms with Gasteiger partial charge in [0.15, 0.2) is 0 Å². The number of nitrogens with two attached hydrogens (primary N) is 1. The summed E-state index contributed by atoms with van der Waals surface area (Å²) in [5, 5.41) is 0. The SMILES string of the molecule is Cc1ccc(C)c(Sc2ccc(N)cc2SN2CCN(SN(C)C)CC2)c1. The van der Waals surface area contributed by atoms with Crippen molar-refractivity contribution in [3.05, 3.63) is 47.5 Å². The van der Waals surface area contributed by atoms with Crippen LogP contribution in [0, 0.1) is 13.8 Å². The lowest BCUT2D eigenvalue weighted by Gasteiger charge is -2.34. The van der Waals surface area contributed by atoms with Crippen LogP contribution >= 0.6 is 35.8 Å². The van der Waals surface area contributed by atoms with Gasteiger partial charge in [0.2, 0.25) is 0 Å². The lowest BCUT2D eigenvalue weighted by molar-refractivity contribution is 0.303. The van der Waals surface area contributed by atoms with E-state index in [2.05, 4.69) is 71.2 Å². The molecule has 146 valence electrons. The third-order valence-corrected chi connectivity index (χ3v) is 7.68. The maximum Gasteiger partial charge on any atom is 0.0390 e. The van der Waals surface area contributed by atoms with Crippen molar-refractivity contribution < 1.29 is 0 Å². The van der Waals surface area contributed by atoms with Crippen molar-refractivity contribution in [2.45, 2.75) is 28.5 Å². The molecule has 0 amide bonds. The fourth-order valence-corrected chi connectivity index (χ4v) is 5.83. The number of anilines is 1. The van der Waals surface area contributed by atoms with Gasteiger partial charge in [0.1, 0.15) is 0 Å². The standard InChI is InChI=1S/C20H28N4S3/c1-15-5-6-16(2)19(13-15)25-18-8-7-17(21)14-20(18)26-23-9-11-24(12-10-23)27-22(3)4/h5-8,13-14H,9-12,21H2,1-4H3. The zero-order valence-corrected chi connectivity index (χ0v) is 18.9. The summed E-state index contributed by atoms with van der Waals surface area (Å²) in [6, 6.07) is 12.9. The molecule has 0 unspecified atom stereocenters. The number of piperazine rings is 1. The first-order valence-electron chi connectivity index (χ1n) is 9.08. The molecule has 1 fully saturated rings. The second kappa shape index (κ2) is 9.58. The van der Waals surface area contributed by atoms with Crippen LogP contribution in [0.5, 0.6) is 0 Å². The number of nitrogen functional groups attached to an aromatic ring is 1. The first-order chi connectivity index (χ1) is 12.9. The summed E-state index contributed by atoms with van der Waals surface area (Å²) in [4.78, 5) is 3.83. The molecule has 0 aliphatic carbocycles. The van der Waals surface area contributed by atoms with E-state index in [0.29, 0.717) is 0 Å². The molecule has 1 aliphatic heterocycles. The van der Waals surface area contributed by atoms with E-state index >= 15 is 0 Å². The Balaban J connectivity index is 1.71. The lowest BCUT2D eigenvalue weighted by Crippen LogP contribution is -2.40. The van der Waals surface area contributed by atoms with Crippen LogP contribution in [0.1, 0.15) is 11.1 Å². The van der Waals surface area contributed by atoms with E-state index in [1.807, 2.05) is 29.8 Å². The van der Waals surface area contributed by atoms with Crippen LogP contribution in [0.15, 0.2) is 51.1 Å². The Hall–Kier alpha value is -0.830. The van der Waals surface area contributed by atoms with Crippen LogP contribution in [0.2, 0.25) is 0 Å². The minimum atomic E-state index is 0.824. The summed E-state index contributed by atoms with van der Waals surface area (Å²) in [6.45, 7) is 8.55. The van der Waals surface area contributed by atoms with Gasteiger partial charge >= 0.3 is 0 Å². The maximum atomic E-state index is 6.10. The van der Waals surface area contributed by atoms with Crippen molar-refractivity contribution in [3.8, 4) is 0 Å². The van der Waals surface area contributed by atoms with Crippen molar-refractivity contribution in [2.24, 2.45) is 0 Å². The van der Waals surface area contributed by atoms with Gasteiger partial charge in [-0.2, -0.15) is 0 Å². The molecule has 0 atom stereocenters. The van der Waals surface area contributed by atoms with Gasteiger partial charge in [-0.3, -0.25) is 0 Å². The van der Waals surface area contributed by atoms with Crippen LogP contribution in [0.25, 0.3) is 0 Å². The van der Waals surface area contributed by atoms with Crippen molar-refractivity contribution in [1.82, 2.24) is 12.9 Å². The van der Waals surface area contributed by atoms with E-state index in [9.17, 15) is 0 Å². The fourth-order valence-electron chi connectivity index (χ4n) is 2.83. The molecule has 0 radical (unpaired) electrons. The smallest absolute Gasteiger partial charge is 0.0390 e. The van der Waals surface area contributed by atoms with Crippen LogP contribution in [0.4, 0.5) is 5.69 Å². The molecular weight excluding hydrogens is 392 g/mol. The second-order valence-corrected chi connectivity index (χ2v) is 10.6. The quantitative estimate of drug-likeness (QED) is 0.532. The molecule has 0 saturated carbocycles. The predicted molar refractivity (Wildman–Crippen MR) is 121 cm³/mol. The van der Waals surface area contributed by atoms with E-state index in [4.69, 9.17) is 5.73 Å². The minimum Gasteiger partial charge on any atom is -0.399 e. The zero-order chi connectivity index (χ0) is 19.4. The molecule has 3 rings (SSSR count). The van der Waals surface area contributed by atoms with Crippen molar-refractivity contribution >= 4 is 41.5 Å². The first kappa shape index (κ1) is 20.9. The summed E-state index contributed by atoms with van der Waals surface area (Å²) in [5.74, 6) is 0. The molecule has 1 heterocycles. The van der Waals surface area contributed by atoms with Crippen molar-refractivity contribution in [2.75, 3.05) is 46.0 Å². The van der Waals surface area contributed by atoms with Gasteiger partial charge in [-0.15, -0.1) is 0 Å². The summed E-state index contributed by atoms with van der Waals surface area (Å²) >= 11 is 5.48. The van der Waals surface area contributed by atoms with Crippen LogP contribution in [0.3, 0.4) is 0 Å². The van der Waals surface area contributed by atoms with Gasteiger partial charge < -0.3 is 5.73 Å². The van der Waals surface area contributed by atoms with Crippen LogP contribution < -0.4 is 5.73 Å². The summed E-state index contributed by atoms with van der Waals surface area (Å²) in [7, 11) is 4.19. The second-order valence-electron chi connectivity index (χ2n) is 6.92. The van der Waals surface area contributed by atoms with E-state index in [-0.39, 0.29) is 0 Å². The van der Waals surface area contributed by atoms with Crippen molar-refractivity contribution in [1.29, 1.82) is 0 Å². The molecule has 27 heavy (non-hydrogen) atoms. The molecule has 1 saturated heterocycles. The Morgan fingerprint density at radius 2 is 1.56 bits per heavy atom. The van der Waals surface area contributed by atoms with Gasteiger partial charge in [-0.1, -0.05) is 23.9 Å². The summed E-state index contributed by atoms with van der Waals surface area (Å²) < 4.78 is 7.02. The van der Waals surface area contributed by atoms with E-state index in [0.717, 1.165) is 31.9 Å². The number of hydrogen-bond donors (Lipinski definition) is 1. The predicted octanol–water partition coefficient (Wildman–Crippen LogP) is 4.79. The van der Waals surface area contributed by atoms with E-state index < -0.39 is 0 Å². The minimum absolute atomic E-state index is 0.824. The summed E-state index contributed by atoms with van der Waals surface area (Å²) in [6.07, 6.45) is 0. The summed E-state index contributed by atoms with van der Waals surface area (Å²) in [5.41, 5.74) is 9.53. The maximum absolute atomic E-state index is 6.10. The molecule has 0 bridgehead atoms. The fraction of sp³-hybridized carbons (Fsp3) is 0.400. The molecular formula is C20H28N4S3. The average molecular weight is 421 g/mol. The van der Waals surface area contributed by atoms with Crippen LogP contribution in [-0.4, -0.2) is 53.2 Å². The van der Waals surface area contributed by atoms with Gasteiger partial charge in [-0.25, -0.2) is 12.9 Å². The molecule has 4 nitrogen and oxygen atoms in total. The zero-order valence-electron chi connectivity index (χ0n) is 16.4. The highest BCUT2D eigenvalue weighted by atomic mass is 32.2. The number of benzene rings is 2. The Labute approximate surface area is 176 Å². The number of aryl methyl sites for hydroxylation is 2. The number of rotatable bonds is 6. The normalized spacial score (nSPS) is 16.2. The molecule has 0 aromatic heterocycles. The Bertz CT molecular complexity index is 774. The molecule has 0 spiro atoms. The molecule has 2 aromatic rings. The highest BCUT2D eigenvalue weighted by Gasteiger charge is 2.20. The van der Waals surface area contributed by atoms with E-state index in [1.165, 1.54) is 25.8 Å². The number of hydrogen-bond acceptors (Lipinski definition) is 7. The third-order valence-electron chi connectivity index (χ3n) is 4.24. The molecule has 2 N–H and O–H groups in total. The van der Waals surface area contributed by atoms with Crippen LogP contribution in [-0.2, 0) is 0 Å². The van der Waals surface area contributed by atoms with E-state index in [1.54, 1.807) is 12.1 Å². The van der Waals surface area contributed by atoms with Gasteiger partial charge in [-0.05, 0) is 75.3 Å². The molecule has 7 heteroatoms. The van der Waals surface area contributed by atoms with Crippen molar-refractivity contribution in [3.63, 3.8) is 0 Å². The monoisotopic (exact) mass is 420 g/mol. The highest BCUT2D eigenvalue weighted by Crippen LogP contribution is 2.39. The Morgan fingerprint density at radius 1 is 0.852 bits per heavy atom. The van der Waals surface area contributed by atoms with Gasteiger partial charge in [0.25, 0.3) is 0 Å². The first-order valence-corrected chi connectivity index (χ1v) is 11.4. The average Bonchev–Trinajstić information content (AvgIpc) is 2.61. The van der Waals surface area contributed by atoms with Gasteiger partial charge in [0.05, 0.1) is 0 Å². The molecule has 2 aromatic carbocycles. The highest BCUT2D eigenvalue weighted by molar-refractivity contribution is 8.01. The lowest BCUT2D eigenvalue weighted by atomic mass is 10.2. The van der Waals surface area contributed by atoms with Gasteiger partial charge in [0, 0.05) is 58.7 Å². The number of nitrogens with zero attached hydrogens (tertiary/aromatic N) is 3.